The highest BCUT2D eigenvalue weighted by Gasteiger charge is 2.74. The molecule has 0 fully saturated rings. The molecule has 0 aliphatic carbocycles. The molecule has 6 nitrogen and oxygen atoms in total. The summed E-state index contributed by atoms with van der Waals surface area (Å²) in [6, 6.07) is 5.71. The molecule has 0 N–H and O–H groups in total. The number of hydrogen-bond donors (Lipinski definition) is 0. The maximum Gasteiger partial charge on any atom is 0.335 e. The second kappa shape index (κ2) is 6.82. The molecule has 0 saturated carbocycles. The summed E-state index contributed by atoms with van der Waals surface area (Å²) < 4.78 is 33.5. The van der Waals surface area contributed by atoms with Crippen molar-refractivity contribution in [2.75, 3.05) is 14.1 Å². The lowest BCUT2D eigenvalue weighted by atomic mass is 9.80. The lowest BCUT2D eigenvalue weighted by Crippen LogP contribution is -2.76. The SMILES string of the molecule is CN(C(C#N)(C#N)C(F)(F)C(C#N)(C#N)N(C)[Si](C)(C)C)[Si](C)(C)C. The summed E-state index contributed by atoms with van der Waals surface area (Å²) >= 11 is 0. The Labute approximate surface area is 150 Å². The van der Waals surface area contributed by atoms with E-state index >= 15 is 8.78 Å². The van der Waals surface area contributed by atoms with Crippen molar-refractivity contribution in [3.05, 3.63) is 0 Å². The molecule has 0 aromatic rings. The smallest absolute Gasteiger partial charge is 0.293 e. The average Bonchev–Trinajstić information content (AvgIpc) is 2.48. The lowest BCUT2D eigenvalue weighted by Gasteiger charge is -2.50. The van der Waals surface area contributed by atoms with Crippen LogP contribution in [0, 0.1) is 45.3 Å². The first-order chi connectivity index (χ1) is 11.1. The summed E-state index contributed by atoms with van der Waals surface area (Å²) in [7, 11) is -2.54. The first-order valence-electron chi connectivity index (χ1n) is 7.56. The minimum atomic E-state index is -4.24. The Kier molecular flexibility index (Phi) is 6.32. The molecule has 0 aliphatic heterocycles. The van der Waals surface area contributed by atoms with E-state index in [1.54, 1.807) is 39.3 Å². The molecular formula is C15H24F2N6Si2. The van der Waals surface area contributed by atoms with Crippen LogP contribution in [0.15, 0.2) is 0 Å². The van der Waals surface area contributed by atoms with Gasteiger partial charge in [0.25, 0.3) is 11.1 Å². The zero-order chi connectivity index (χ0) is 20.5. The molecule has 0 saturated heterocycles. The van der Waals surface area contributed by atoms with Crippen LogP contribution in [0.2, 0.25) is 39.3 Å². The van der Waals surface area contributed by atoms with Gasteiger partial charge in [-0.1, -0.05) is 39.3 Å². The maximum atomic E-state index is 15.7. The first-order valence-corrected chi connectivity index (χ1v) is 14.5. The molecule has 0 spiro atoms. The highest BCUT2D eigenvalue weighted by molar-refractivity contribution is 6.74. The molecule has 0 unspecified atom stereocenters. The quantitative estimate of drug-likeness (QED) is 0.655. The highest BCUT2D eigenvalue weighted by atomic mass is 28.3. The molecule has 0 rings (SSSR count). The lowest BCUT2D eigenvalue weighted by molar-refractivity contribution is -0.123. The zero-order valence-electron chi connectivity index (χ0n) is 15.9. The van der Waals surface area contributed by atoms with Crippen LogP contribution in [0.5, 0.6) is 0 Å². The standard InChI is InChI=1S/C15H24F2N6Si2/c1-22(24(3,4)5)13(9-18,10-19)15(16,17)14(11-20,12-21)23(2)25(6,7)8/h1-8H3. The van der Waals surface area contributed by atoms with Gasteiger partial charge in [-0.3, -0.25) is 9.13 Å². The normalized spacial score (nSPS) is 13.8. The van der Waals surface area contributed by atoms with Gasteiger partial charge in [0.1, 0.15) is 40.7 Å². The van der Waals surface area contributed by atoms with Crippen molar-refractivity contribution in [2.24, 2.45) is 0 Å². The number of rotatable bonds is 6. The summed E-state index contributed by atoms with van der Waals surface area (Å²) in [5, 5.41) is 38.3. The van der Waals surface area contributed by atoms with Crippen molar-refractivity contribution < 1.29 is 8.78 Å². The van der Waals surface area contributed by atoms with E-state index in [0.717, 1.165) is 9.13 Å². The molecule has 136 valence electrons. The van der Waals surface area contributed by atoms with Crippen molar-refractivity contribution in [3.8, 4) is 24.3 Å². The third kappa shape index (κ3) is 3.32. The molecule has 0 bridgehead atoms. The molecule has 25 heavy (non-hydrogen) atoms. The fourth-order valence-corrected chi connectivity index (χ4v) is 4.81. The summed E-state index contributed by atoms with van der Waals surface area (Å²) in [6.45, 7) is 10.2. The summed E-state index contributed by atoms with van der Waals surface area (Å²) in [5.74, 6) is -4.24. The minimum Gasteiger partial charge on any atom is -0.293 e. The fourth-order valence-electron chi connectivity index (χ4n) is 2.32. The topological polar surface area (TPSA) is 102 Å². The Morgan fingerprint density at radius 2 is 0.840 bits per heavy atom. The second-order valence-electron chi connectivity index (χ2n) is 7.90. The van der Waals surface area contributed by atoms with Crippen LogP contribution in [-0.4, -0.2) is 56.7 Å². The van der Waals surface area contributed by atoms with Crippen LogP contribution >= 0.6 is 0 Å². The van der Waals surface area contributed by atoms with Crippen molar-refractivity contribution >= 4 is 16.5 Å². The Morgan fingerprint density at radius 1 is 0.640 bits per heavy atom. The molecular weight excluding hydrogens is 358 g/mol. The number of halogens is 2. The monoisotopic (exact) mass is 382 g/mol. The van der Waals surface area contributed by atoms with E-state index in [9.17, 15) is 21.0 Å². The molecule has 0 amide bonds. The number of nitrogens with zero attached hydrogens (tertiary/aromatic N) is 6. The van der Waals surface area contributed by atoms with Gasteiger partial charge in [-0.05, 0) is 14.1 Å². The third-order valence-corrected chi connectivity index (χ3v) is 9.27. The molecule has 0 aromatic carbocycles. The van der Waals surface area contributed by atoms with Gasteiger partial charge in [-0.25, -0.2) is 0 Å². The predicted octanol–water partition coefficient (Wildman–Crippen LogP) is 2.73. The molecule has 0 radical (unpaired) electrons. The van der Waals surface area contributed by atoms with Crippen molar-refractivity contribution in [1.29, 1.82) is 21.0 Å². The van der Waals surface area contributed by atoms with Crippen molar-refractivity contribution in [2.45, 2.75) is 56.3 Å². The zero-order valence-corrected chi connectivity index (χ0v) is 17.9. The van der Waals surface area contributed by atoms with Gasteiger partial charge in [0, 0.05) is 0 Å². The van der Waals surface area contributed by atoms with Gasteiger partial charge in [-0.2, -0.15) is 29.8 Å². The first kappa shape index (κ1) is 23.2. The fraction of sp³-hybridized carbons (Fsp3) is 0.733. The van der Waals surface area contributed by atoms with Crippen LogP contribution in [0.3, 0.4) is 0 Å². The molecule has 0 aliphatic rings. The molecule has 0 aromatic heterocycles. The maximum absolute atomic E-state index is 15.7. The van der Waals surface area contributed by atoms with Crippen LogP contribution in [0.25, 0.3) is 0 Å². The average molecular weight is 383 g/mol. The van der Waals surface area contributed by atoms with Crippen LogP contribution in [0.1, 0.15) is 0 Å². The Balaban J connectivity index is 6.96. The van der Waals surface area contributed by atoms with E-state index in [1.807, 2.05) is 0 Å². The Hall–Kier alpha value is -1.83. The molecule has 0 atom stereocenters. The Morgan fingerprint density at radius 3 is 0.960 bits per heavy atom. The van der Waals surface area contributed by atoms with Gasteiger partial charge < -0.3 is 0 Å². The largest absolute Gasteiger partial charge is 0.335 e. The minimum absolute atomic E-state index is 1.06. The van der Waals surface area contributed by atoms with Gasteiger partial charge in [0.2, 0.25) is 0 Å². The van der Waals surface area contributed by atoms with Gasteiger partial charge in [0.15, 0.2) is 0 Å². The van der Waals surface area contributed by atoms with E-state index in [4.69, 9.17) is 0 Å². The van der Waals surface area contributed by atoms with Crippen LogP contribution in [0.4, 0.5) is 8.78 Å². The molecule has 10 heteroatoms. The van der Waals surface area contributed by atoms with E-state index in [0.29, 0.717) is 0 Å². The predicted molar refractivity (Wildman–Crippen MR) is 95.1 cm³/mol. The van der Waals surface area contributed by atoms with E-state index < -0.39 is 33.5 Å². The third-order valence-electron chi connectivity index (χ3n) is 4.57. The van der Waals surface area contributed by atoms with Gasteiger partial charge >= 0.3 is 5.92 Å². The van der Waals surface area contributed by atoms with Gasteiger partial charge in [-0.15, -0.1) is 0 Å². The van der Waals surface area contributed by atoms with Crippen molar-refractivity contribution in [3.63, 3.8) is 0 Å². The summed E-state index contributed by atoms with van der Waals surface area (Å²) in [5.41, 5.74) is -5.87. The van der Waals surface area contributed by atoms with Crippen molar-refractivity contribution in [1.82, 2.24) is 9.13 Å². The summed E-state index contributed by atoms with van der Waals surface area (Å²) in [4.78, 5) is 0. The van der Waals surface area contributed by atoms with E-state index in [2.05, 4.69) is 0 Å². The molecule has 0 heterocycles. The highest BCUT2D eigenvalue weighted by Crippen LogP contribution is 2.46. The van der Waals surface area contributed by atoms with Gasteiger partial charge in [0.05, 0.1) is 0 Å². The number of alkyl halides is 2. The summed E-state index contributed by atoms with van der Waals surface area (Å²) in [6.07, 6.45) is 0. The van der Waals surface area contributed by atoms with Crippen LogP contribution < -0.4 is 0 Å². The number of nitriles is 4. The number of hydrogen-bond acceptors (Lipinski definition) is 6. The van der Waals surface area contributed by atoms with Crippen LogP contribution in [-0.2, 0) is 0 Å². The van der Waals surface area contributed by atoms with E-state index in [1.165, 1.54) is 38.4 Å². The Bertz CT molecular complexity index is 596. The van der Waals surface area contributed by atoms with E-state index in [-0.39, 0.29) is 0 Å². The second-order valence-corrected chi connectivity index (χ2v) is 17.9.